The normalized spacial score (nSPS) is 21.5. The van der Waals surface area contributed by atoms with Crippen molar-refractivity contribution in [3.8, 4) is 0 Å². The Morgan fingerprint density at radius 3 is 2.02 bits per heavy atom. The third-order valence-electron chi connectivity index (χ3n) is 11.8. The Hall–Kier alpha value is -3.80. The summed E-state index contributed by atoms with van der Waals surface area (Å²) in [6.45, 7) is 6.93. The minimum atomic E-state index is -0.834. The van der Waals surface area contributed by atoms with Gasteiger partial charge in [-0.15, -0.1) is 0 Å². The van der Waals surface area contributed by atoms with Crippen LogP contribution in [0.3, 0.4) is 0 Å². The van der Waals surface area contributed by atoms with Crippen LogP contribution in [0.1, 0.15) is 87.2 Å². The standard InChI is InChI=1S/C38H52FN7O4/c1-4-46-30(15-16-40-46)35(47)43-34(31(23-5-6-23)24-7-8-24)37(49)41-29-14-13-27(21-28(29)39)22(2)33(38(50)45-19-17-44(3)18-20-45)42-36(48)32(25-9-10-25)26-11-12-26/h13-16,21-26,31-34H,4-12,17-20H2,1-3H3,(H,41,49)(H,42,48)(H,43,47)/t22-,33+,34-/m0/s1. The van der Waals surface area contributed by atoms with E-state index < -0.39 is 29.7 Å². The van der Waals surface area contributed by atoms with Crippen LogP contribution in [0, 0.1) is 41.3 Å². The summed E-state index contributed by atoms with van der Waals surface area (Å²) >= 11 is 0. The van der Waals surface area contributed by atoms with E-state index in [2.05, 4.69) is 25.9 Å². The minimum Gasteiger partial charge on any atom is -0.343 e. The lowest BCUT2D eigenvalue weighted by molar-refractivity contribution is -0.139. The number of aromatic nitrogens is 2. The topological polar surface area (TPSA) is 129 Å². The highest BCUT2D eigenvalue weighted by atomic mass is 19.1. The van der Waals surface area contributed by atoms with Gasteiger partial charge in [0.05, 0.1) is 5.69 Å². The molecule has 270 valence electrons. The molecule has 11 nitrogen and oxygen atoms in total. The quantitative estimate of drug-likeness (QED) is 0.259. The van der Waals surface area contributed by atoms with Gasteiger partial charge in [0, 0.05) is 50.8 Å². The molecule has 3 N–H and O–H groups in total. The number of piperazine rings is 1. The van der Waals surface area contributed by atoms with Gasteiger partial charge in [0.15, 0.2) is 0 Å². The number of hydrogen-bond acceptors (Lipinski definition) is 6. The molecule has 4 saturated carbocycles. The van der Waals surface area contributed by atoms with Crippen molar-refractivity contribution in [3.63, 3.8) is 0 Å². The summed E-state index contributed by atoms with van der Waals surface area (Å²) in [6, 6.07) is 4.61. The van der Waals surface area contributed by atoms with Crippen molar-refractivity contribution < 1.29 is 23.6 Å². The van der Waals surface area contributed by atoms with Crippen LogP contribution in [0.25, 0.3) is 0 Å². The van der Waals surface area contributed by atoms with E-state index in [1.54, 1.807) is 23.0 Å². The van der Waals surface area contributed by atoms with Crippen molar-refractivity contribution in [2.45, 2.75) is 89.8 Å². The van der Waals surface area contributed by atoms with Crippen LogP contribution in [0.4, 0.5) is 10.1 Å². The highest BCUT2D eigenvalue weighted by Gasteiger charge is 2.49. The Bertz CT molecular complexity index is 1560. The molecule has 5 aliphatic rings. The molecular weight excluding hydrogens is 637 g/mol. The number of nitrogens with one attached hydrogen (secondary N) is 3. The Kier molecular flexibility index (Phi) is 10.0. The van der Waals surface area contributed by atoms with E-state index in [0.29, 0.717) is 54.6 Å². The van der Waals surface area contributed by atoms with E-state index in [1.807, 2.05) is 25.8 Å². The fourth-order valence-corrected chi connectivity index (χ4v) is 8.14. The van der Waals surface area contributed by atoms with Crippen molar-refractivity contribution in [1.29, 1.82) is 0 Å². The third-order valence-corrected chi connectivity index (χ3v) is 11.8. The maximum Gasteiger partial charge on any atom is 0.270 e. The average molecular weight is 690 g/mol. The number of hydrogen-bond donors (Lipinski definition) is 3. The molecule has 1 aromatic carbocycles. The molecule has 1 aliphatic heterocycles. The molecule has 4 amide bonds. The lowest BCUT2D eigenvalue weighted by atomic mass is 9.88. The molecule has 5 fully saturated rings. The Balaban J connectivity index is 1.09. The molecule has 4 aliphatic carbocycles. The summed E-state index contributed by atoms with van der Waals surface area (Å²) in [5.74, 6) is -0.741. The number of likely N-dealkylation sites (N-methyl/N-ethyl adjacent to an activating group) is 1. The summed E-state index contributed by atoms with van der Waals surface area (Å²) in [5, 5.41) is 13.1. The van der Waals surface area contributed by atoms with Gasteiger partial charge in [-0.3, -0.25) is 23.9 Å². The zero-order valence-corrected chi connectivity index (χ0v) is 29.6. The summed E-state index contributed by atoms with van der Waals surface area (Å²) in [5.41, 5.74) is 0.963. The van der Waals surface area contributed by atoms with Crippen LogP contribution in [0.15, 0.2) is 30.5 Å². The first-order chi connectivity index (χ1) is 24.1. The summed E-state index contributed by atoms with van der Waals surface area (Å²) in [6.07, 6.45) is 9.83. The molecule has 2 aromatic rings. The van der Waals surface area contributed by atoms with Gasteiger partial charge < -0.3 is 25.8 Å². The van der Waals surface area contributed by atoms with Crippen LogP contribution >= 0.6 is 0 Å². The molecule has 0 bridgehead atoms. The van der Waals surface area contributed by atoms with Crippen LogP contribution in [-0.2, 0) is 20.9 Å². The van der Waals surface area contributed by atoms with Gasteiger partial charge in [0.25, 0.3) is 5.91 Å². The van der Waals surface area contributed by atoms with Gasteiger partial charge in [-0.1, -0.05) is 13.0 Å². The Morgan fingerprint density at radius 1 is 0.840 bits per heavy atom. The van der Waals surface area contributed by atoms with E-state index >= 15 is 4.39 Å². The van der Waals surface area contributed by atoms with E-state index in [1.165, 1.54) is 12.1 Å². The Morgan fingerprint density at radius 2 is 1.46 bits per heavy atom. The van der Waals surface area contributed by atoms with E-state index in [4.69, 9.17) is 0 Å². The second-order valence-corrected chi connectivity index (χ2v) is 15.6. The fourth-order valence-electron chi connectivity index (χ4n) is 8.14. The first-order valence-electron chi connectivity index (χ1n) is 18.8. The Labute approximate surface area is 294 Å². The second kappa shape index (κ2) is 14.4. The summed E-state index contributed by atoms with van der Waals surface area (Å²) < 4.78 is 17.5. The first kappa shape index (κ1) is 34.6. The van der Waals surface area contributed by atoms with Crippen molar-refractivity contribution in [2.24, 2.45) is 35.5 Å². The number of halogens is 1. The zero-order valence-electron chi connectivity index (χ0n) is 29.6. The van der Waals surface area contributed by atoms with Crippen molar-refractivity contribution in [2.75, 3.05) is 38.5 Å². The number of carbonyl (C=O) groups is 4. The van der Waals surface area contributed by atoms with Gasteiger partial charge >= 0.3 is 0 Å². The van der Waals surface area contributed by atoms with Gasteiger partial charge in [-0.2, -0.15) is 5.10 Å². The molecule has 0 spiro atoms. The smallest absolute Gasteiger partial charge is 0.270 e. The number of nitrogens with zero attached hydrogens (tertiary/aromatic N) is 4. The molecule has 0 unspecified atom stereocenters. The van der Waals surface area contributed by atoms with Crippen LogP contribution in [0.5, 0.6) is 0 Å². The second-order valence-electron chi connectivity index (χ2n) is 15.6. The van der Waals surface area contributed by atoms with Crippen LogP contribution in [-0.4, -0.2) is 88.5 Å². The number of rotatable bonds is 15. The number of anilines is 1. The summed E-state index contributed by atoms with van der Waals surface area (Å²) in [7, 11) is 2.03. The molecule has 7 rings (SSSR count). The number of carbonyl (C=O) groups excluding carboxylic acids is 4. The monoisotopic (exact) mass is 689 g/mol. The number of benzene rings is 1. The van der Waals surface area contributed by atoms with Gasteiger partial charge in [-0.25, -0.2) is 4.39 Å². The minimum absolute atomic E-state index is 0.0145. The number of aryl methyl sites for hydroxylation is 1. The summed E-state index contributed by atoms with van der Waals surface area (Å²) in [4.78, 5) is 59.0. The van der Waals surface area contributed by atoms with Gasteiger partial charge in [-0.05, 0) is 119 Å². The zero-order chi connectivity index (χ0) is 35.1. The molecule has 2 heterocycles. The fraction of sp³-hybridized carbons (Fsp3) is 0.658. The molecule has 50 heavy (non-hydrogen) atoms. The predicted octanol–water partition coefficient (Wildman–Crippen LogP) is 4.01. The lowest BCUT2D eigenvalue weighted by Gasteiger charge is -2.37. The van der Waals surface area contributed by atoms with Gasteiger partial charge in [0.1, 0.15) is 23.6 Å². The molecular formula is C38H52FN7O4. The van der Waals surface area contributed by atoms with E-state index in [-0.39, 0.29) is 35.2 Å². The molecule has 1 saturated heterocycles. The highest BCUT2D eigenvalue weighted by Crippen LogP contribution is 2.51. The maximum atomic E-state index is 15.9. The third kappa shape index (κ3) is 7.75. The van der Waals surface area contributed by atoms with E-state index in [0.717, 1.165) is 64.5 Å². The SMILES string of the molecule is CCn1nccc1C(=O)N[C@H](C(=O)Nc1ccc([C@H](C)[C@@H](NC(=O)C(C2CC2)C2CC2)C(=O)N2CCN(C)CC2)cc1F)C(C1CC1)C1CC1. The lowest BCUT2D eigenvalue weighted by Crippen LogP contribution is -2.56. The molecule has 0 radical (unpaired) electrons. The molecule has 12 heteroatoms. The highest BCUT2D eigenvalue weighted by molar-refractivity contribution is 6.01. The number of amides is 4. The largest absolute Gasteiger partial charge is 0.343 e. The van der Waals surface area contributed by atoms with Crippen LogP contribution in [0.2, 0.25) is 0 Å². The predicted molar refractivity (Wildman–Crippen MR) is 186 cm³/mol. The van der Waals surface area contributed by atoms with Crippen molar-refractivity contribution >= 4 is 29.3 Å². The van der Waals surface area contributed by atoms with Crippen molar-refractivity contribution in [1.82, 2.24) is 30.2 Å². The molecule has 3 atom stereocenters. The van der Waals surface area contributed by atoms with E-state index in [9.17, 15) is 19.2 Å². The first-order valence-corrected chi connectivity index (χ1v) is 18.8. The maximum absolute atomic E-state index is 15.9. The van der Waals surface area contributed by atoms with Crippen LogP contribution < -0.4 is 16.0 Å². The van der Waals surface area contributed by atoms with Crippen molar-refractivity contribution in [3.05, 3.63) is 47.5 Å². The van der Waals surface area contributed by atoms with Gasteiger partial charge in [0.2, 0.25) is 17.7 Å². The molecule has 1 aromatic heterocycles. The average Bonchev–Trinajstić information content (AvgIpc) is 3.87.